The minimum absolute atomic E-state index is 0.0585. The Balaban J connectivity index is 1.51. The van der Waals surface area contributed by atoms with Crippen LogP contribution in [-0.2, 0) is 0 Å². The third kappa shape index (κ3) is 3.44. The molecule has 3 aromatic rings. The van der Waals surface area contributed by atoms with Crippen molar-refractivity contribution < 1.29 is 9.21 Å². The molecule has 1 amide bonds. The van der Waals surface area contributed by atoms with E-state index < -0.39 is 0 Å². The average molecular weight is 378 g/mol. The molecule has 0 radical (unpaired) electrons. The lowest BCUT2D eigenvalue weighted by atomic mass is 10.1. The minimum atomic E-state index is 0.0585. The van der Waals surface area contributed by atoms with Crippen LogP contribution in [0.5, 0.6) is 0 Å². The fraction of sp³-hybridized carbons (Fsp3) is 0.250. The van der Waals surface area contributed by atoms with Gasteiger partial charge in [0, 0.05) is 31.7 Å². The molecule has 7 heteroatoms. The first kappa shape index (κ1) is 17.3. The van der Waals surface area contributed by atoms with Gasteiger partial charge in [-0.05, 0) is 30.5 Å². The first-order valence-electron chi connectivity index (χ1n) is 8.71. The number of aromatic nitrogens is 1. The van der Waals surface area contributed by atoms with Crippen molar-refractivity contribution in [2.45, 2.75) is 6.92 Å². The number of hydrogen-bond acceptors (Lipinski definition) is 6. The van der Waals surface area contributed by atoms with Crippen LogP contribution >= 0.6 is 11.3 Å². The van der Waals surface area contributed by atoms with E-state index in [9.17, 15) is 10.1 Å². The fourth-order valence-electron chi connectivity index (χ4n) is 3.17. The zero-order chi connectivity index (χ0) is 18.8. The Bertz CT molecular complexity index is 995. The highest BCUT2D eigenvalue weighted by Gasteiger charge is 2.27. The summed E-state index contributed by atoms with van der Waals surface area (Å²) >= 11 is 1.45. The number of piperazine rings is 1. The number of oxazole rings is 1. The number of aryl methyl sites for hydroxylation is 1. The highest BCUT2D eigenvalue weighted by molar-refractivity contribution is 7.12. The molecule has 136 valence electrons. The highest BCUT2D eigenvalue weighted by atomic mass is 32.1. The lowest BCUT2D eigenvalue weighted by Crippen LogP contribution is -2.48. The molecular formula is C20H18N4O2S. The van der Waals surface area contributed by atoms with E-state index in [0.29, 0.717) is 38.0 Å². The van der Waals surface area contributed by atoms with Crippen molar-refractivity contribution >= 4 is 23.1 Å². The van der Waals surface area contributed by atoms with Crippen LogP contribution in [0.15, 0.2) is 46.2 Å². The average Bonchev–Trinajstić information content (AvgIpc) is 3.37. The van der Waals surface area contributed by atoms with Gasteiger partial charge in [-0.25, -0.2) is 0 Å². The Morgan fingerprint density at radius 3 is 2.70 bits per heavy atom. The Labute approximate surface area is 161 Å². The first-order valence-corrected chi connectivity index (χ1v) is 9.59. The van der Waals surface area contributed by atoms with Gasteiger partial charge in [-0.2, -0.15) is 10.2 Å². The van der Waals surface area contributed by atoms with Crippen LogP contribution in [-0.4, -0.2) is 42.0 Å². The maximum Gasteiger partial charge on any atom is 0.264 e. The number of nitrogens with zero attached hydrogens (tertiary/aromatic N) is 4. The molecule has 0 saturated carbocycles. The summed E-state index contributed by atoms with van der Waals surface area (Å²) < 4.78 is 5.95. The van der Waals surface area contributed by atoms with Gasteiger partial charge in [0.2, 0.25) is 17.5 Å². The molecule has 0 spiro atoms. The molecule has 3 heterocycles. The lowest BCUT2D eigenvalue weighted by Gasteiger charge is -2.34. The van der Waals surface area contributed by atoms with Crippen molar-refractivity contribution in [1.82, 2.24) is 9.88 Å². The van der Waals surface area contributed by atoms with Gasteiger partial charge in [-0.1, -0.05) is 23.8 Å². The molecule has 6 nitrogen and oxygen atoms in total. The zero-order valence-corrected chi connectivity index (χ0v) is 15.7. The summed E-state index contributed by atoms with van der Waals surface area (Å²) in [5.74, 6) is 0.989. The van der Waals surface area contributed by atoms with E-state index in [0.717, 1.165) is 16.0 Å². The molecule has 0 atom stereocenters. The van der Waals surface area contributed by atoms with Crippen molar-refractivity contribution in [3.63, 3.8) is 0 Å². The Kier molecular flexibility index (Phi) is 4.65. The van der Waals surface area contributed by atoms with Gasteiger partial charge in [0.15, 0.2) is 0 Å². The maximum atomic E-state index is 12.5. The van der Waals surface area contributed by atoms with Gasteiger partial charge in [-0.3, -0.25) is 4.79 Å². The van der Waals surface area contributed by atoms with Gasteiger partial charge in [0.1, 0.15) is 6.07 Å². The summed E-state index contributed by atoms with van der Waals surface area (Å²) in [5.41, 5.74) is 2.24. The fourth-order valence-corrected chi connectivity index (χ4v) is 3.86. The van der Waals surface area contributed by atoms with E-state index in [1.165, 1.54) is 11.3 Å². The predicted octanol–water partition coefficient (Wildman–Crippen LogP) is 3.55. The number of carbonyl (C=O) groups is 1. The van der Waals surface area contributed by atoms with Crippen LogP contribution in [0.1, 0.15) is 20.9 Å². The second kappa shape index (κ2) is 7.25. The SMILES string of the molecule is Cc1cccc(-c2nc(C#N)c(N3CCN(C(=O)c4cccs4)CC3)o2)c1. The third-order valence-electron chi connectivity index (χ3n) is 4.57. The molecule has 1 fully saturated rings. The van der Waals surface area contributed by atoms with Crippen LogP contribution in [0.25, 0.3) is 11.5 Å². The number of carbonyl (C=O) groups excluding carboxylic acids is 1. The largest absolute Gasteiger partial charge is 0.419 e. The highest BCUT2D eigenvalue weighted by Crippen LogP contribution is 2.29. The van der Waals surface area contributed by atoms with Crippen molar-refractivity contribution in [3.05, 3.63) is 57.9 Å². The summed E-state index contributed by atoms with van der Waals surface area (Å²) in [6.07, 6.45) is 0. The number of rotatable bonds is 3. The van der Waals surface area contributed by atoms with E-state index in [-0.39, 0.29) is 11.6 Å². The van der Waals surface area contributed by atoms with Crippen LogP contribution < -0.4 is 4.90 Å². The zero-order valence-electron chi connectivity index (χ0n) is 14.9. The number of thiophene rings is 1. The van der Waals surface area contributed by atoms with Gasteiger partial charge >= 0.3 is 0 Å². The lowest BCUT2D eigenvalue weighted by molar-refractivity contribution is 0.0750. The third-order valence-corrected chi connectivity index (χ3v) is 5.42. The topological polar surface area (TPSA) is 73.4 Å². The summed E-state index contributed by atoms with van der Waals surface area (Å²) in [6, 6.07) is 13.7. The summed E-state index contributed by atoms with van der Waals surface area (Å²) in [4.78, 5) is 21.4. The number of anilines is 1. The molecule has 1 saturated heterocycles. The van der Waals surface area contributed by atoms with Gasteiger partial charge < -0.3 is 14.2 Å². The monoisotopic (exact) mass is 378 g/mol. The molecule has 1 aliphatic heterocycles. The summed E-state index contributed by atoms with van der Waals surface area (Å²) in [6.45, 7) is 4.38. The summed E-state index contributed by atoms with van der Waals surface area (Å²) in [7, 11) is 0. The van der Waals surface area contributed by atoms with Crippen molar-refractivity contribution in [2.24, 2.45) is 0 Å². The van der Waals surface area contributed by atoms with E-state index >= 15 is 0 Å². The van der Waals surface area contributed by atoms with Crippen LogP contribution in [0.4, 0.5) is 5.88 Å². The molecule has 1 aliphatic rings. The first-order chi connectivity index (χ1) is 13.2. The van der Waals surface area contributed by atoms with E-state index in [2.05, 4.69) is 11.1 Å². The Morgan fingerprint density at radius 1 is 1.22 bits per heavy atom. The van der Waals surface area contributed by atoms with E-state index in [1.54, 1.807) is 0 Å². The molecule has 27 heavy (non-hydrogen) atoms. The molecule has 4 rings (SSSR count). The van der Waals surface area contributed by atoms with Crippen molar-refractivity contribution in [1.29, 1.82) is 5.26 Å². The molecule has 0 bridgehead atoms. The van der Waals surface area contributed by atoms with Crippen molar-refractivity contribution in [2.75, 3.05) is 31.1 Å². The van der Waals surface area contributed by atoms with Crippen LogP contribution in [0.2, 0.25) is 0 Å². The molecule has 2 aromatic heterocycles. The normalized spacial score (nSPS) is 14.2. The summed E-state index contributed by atoms with van der Waals surface area (Å²) in [5, 5.41) is 11.4. The second-order valence-corrected chi connectivity index (χ2v) is 7.36. The van der Waals surface area contributed by atoms with Crippen LogP contribution in [0, 0.1) is 18.3 Å². The number of hydrogen-bond donors (Lipinski definition) is 0. The van der Waals surface area contributed by atoms with Gasteiger partial charge in [-0.15, -0.1) is 11.3 Å². The standard InChI is InChI=1S/C20H18N4O2S/c1-14-4-2-5-15(12-14)18-22-16(13-21)20(26-18)24-9-7-23(8-10-24)19(25)17-6-3-11-27-17/h2-6,11-12H,7-10H2,1H3. The molecule has 0 aliphatic carbocycles. The second-order valence-electron chi connectivity index (χ2n) is 6.41. The molecular weight excluding hydrogens is 360 g/mol. The van der Waals surface area contributed by atoms with E-state index in [4.69, 9.17) is 4.42 Å². The molecule has 0 unspecified atom stereocenters. The Morgan fingerprint density at radius 2 is 2.04 bits per heavy atom. The van der Waals surface area contributed by atoms with Crippen molar-refractivity contribution in [3.8, 4) is 17.5 Å². The van der Waals surface area contributed by atoms with Crippen LogP contribution in [0.3, 0.4) is 0 Å². The van der Waals surface area contributed by atoms with Gasteiger partial charge in [0.05, 0.1) is 4.88 Å². The number of benzene rings is 1. The molecule has 1 aromatic carbocycles. The Hall–Kier alpha value is -3.11. The van der Waals surface area contributed by atoms with Gasteiger partial charge in [0.25, 0.3) is 5.91 Å². The van der Waals surface area contributed by atoms with E-state index in [1.807, 2.05) is 58.5 Å². The number of amides is 1. The maximum absolute atomic E-state index is 12.5. The predicted molar refractivity (Wildman–Crippen MR) is 104 cm³/mol. The minimum Gasteiger partial charge on any atom is -0.419 e. The quantitative estimate of drug-likeness (QED) is 0.697. The molecule has 0 N–H and O–H groups in total. The number of nitriles is 1. The smallest absolute Gasteiger partial charge is 0.264 e.